The predicted molar refractivity (Wildman–Crippen MR) is 194 cm³/mol. The number of amides is 4. The van der Waals surface area contributed by atoms with E-state index in [1.807, 2.05) is 29.4 Å². The summed E-state index contributed by atoms with van der Waals surface area (Å²) in [5.74, 6) is -3.82. The molecule has 0 bridgehead atoms. The van der Waals surface area contributed by atoms with Gasteiger partial charge in [-0.15, -0.1) is 0 Å². The molecule has 2 aromatic carbocycles. The van der Waals surface area contributed by atoms with Crippen LogP contribution in [0.1, 0.15) is 64.8 Å². The molecule has 2 N–H and O–H groups in total. The molecule has 14 nitrogen and oxygen atoms in total. The number of piperidine rings is 1. The topological polar surface area (TPSA) is 159 Å². The van der Waals surface area contributed by atoms with Gasteiger partial charge in [-0.05, 0) is 57.5 Å². The number of aromatic nitrogens is 5. The van der Waals surface area contributed by atoms with Crippen LogP contribution < -0.4 is 15.5 Å². The lowest BCUT2D eigenvalue weighted by molar-refractivity contribution is -0.136. The summed E-state index contributed by atoms with van der Waals surface area (Å²) in [6.07, 6.45) is 2.66. The van der Waals surface area contributed by atoms with E-state index in [-0.39, 0.29) is 64.8 Å². The van der Waals surface area contributed by atoms with Gasteiger partial charge in [-0.25, -0.2) is 33.1 Å². The number of hydrogen-bond acceptors (Lipinski definition) is 11. The van der Waals surface area contributed by atoms with Crippen molar-refractivity contribution >= 4 is 52.1 Å². The van der Waals surface area contributed by atoms with E-state index in [9.17, 15) is 19.2 Å². The monoisotopic (exact) mass is 752 g/mol. The molecule has 3 aliphatic rings. The number of nitrogens with one attached hydrogen (secondary N) is 2. The molecule has 6 heterocycles. The molecule has 0 aliphatic carbocycles. The van der Waals surface area contributed by atoms with E-state index in [1.54, 1.807) is 25.3 Å². The molecule has 3 aliphatic heterocycles. The number of carbonyl (C=O) groups is 4. The number of carbonyl (C=O) groups excluding carboxylic acids is 4. The van der Waals surface area contributed by atoms with Crippen molar-refractivity contribution in [2.24, 2.45) is 0 Å². The smallest absolute Gasteiger partial charge is 0.265 e. The molecular formula is C38H35F3N10O4. The number of piperazine rings is 1. The summed E-state index contributed by atoms with van der Waals surface area (Å²) < 4.78 is 47.8. The lowest BCUT2D eigenvalue weighted by Crippen LogP contribution is -2.54. The van der Waals surface area contributed by atoms with Gasteiger partial charge < -0.3 is 14.8 Å². The van der Waals surface area contributed by atoms with E-state index in [4.69, 9.17) is 0 Å². The van der Waals surface area contributed by atoms with Gasteiger partial charge in [0.05, 0.1) is 34.7 Å². The minimum absolute atomic E-state index is 0.00939. The van der Waals surface area contributed by atoms with Crippen molar-refractivity contribution < 1.29 is 32.3 Å². The highest BCUT2D eigenvalue weighted by Crippen LogP contribution is 2.33. The fourth-order valence-corrected chi connectivity index (χ4v) is 7.54. The van der Waals surface area contributed by atoms with Crippen LogP contribution in [0.15, 0.2) is 48.8 Å². The molecule has 5 aromatic rings. The van der Waals surface area contributed by atoms with E-state index in [2.05, 4.69) is 35.5 Å². The van der Waals surface area contributed by atoms with Crippen LogP contribution in [0.25, 0.3) is 22.3 Å². The molecule has 3 aromatic heterocycles. The van der Waals surface area contributed by atoms with Gasteiger partial charge in [0.25, 0.3) is 11.8 Å². The number of anilines is 3. The Labute approximate surface area is 312 Å². The molecule has 0 saturated carbocycles. The summed E-state index contributed by atoms with van der Waals surface area (Å²) in [5, 5.41) is 5.13. The highest BCUT2D eigenvalue weighted by molar-refractivity contribution is 6.23. The second kappa shape index (κ2) is 13.9. The maximum absolute atomic E-state index is 15.8. The third kappa shape index (κ3) is 6.43. The zero-order valence-electron chi connectivity index (χ0n) is 30.1. The number of hydrogen-bond donors (Lipinski definition) is 2. The van der Waals surface area contributed by atoms with Crippen molar-refractivity contribution in [1.82, 2.24) is 39.6 Å². The number of pyridine rings is 1. The molecule has 1 atom stereocenters. The van der Waals surface area contributed by atoms with Crippen LogP contribution in [0.3, 0.4) is 0 Å². The zero-order chi connectivity index (χ0) is 38.7. The average Bonchev–Trinajstić information content (AvgIpc) is 3.63. The first-order valence-corrected chi connectivity index (χ1v) is 17.8. The number of imidazole rings is 1. The van der Waals surface area contributed by atoms with E-state index in [0.29, 0.717) is 43.3 Å². The van der Waals surface area contributed by atoms with Crippen LogP contribution in [0, 0.1) is 24.4 Å². The van der Waals surface area contributed by atoms with Gasteiger partial charge in [0.2, 0.25) is 17.8 Å². The van der Waals surface area contributed by atoms with Gasteiger partial charge in [0.1, 0.15) is 34.7 Å². The van der Waals surface area contributed by atoms with Crippen LogP contribution >= 0.6 is 0 Å². The maximum Gasteiger partial charge on any atom is 0.265 e. The lowest BCUT2D eigenvalue weighted by Gasteiger charge is -2.36. The fourth-order valence-electron chi connectivity index (χ4n) is 7.54. The van der Waals surface area contributed by atoms with Gasteiger partial charge in [-0.1, -0.05) is 6.07 Å². The Morgan fingerprint density at radius 1 is 0.909 bits per heavy atom. The van der Waals surface area contributed by atoms with Crippen LogP contribution in [0.2, 0.25) is 0 Å². The van der Waals surface area contributed by atoms with Crippen molar-refractivity contribution in [2.75, 3.05) is 36.4 Å². The van der Waals surface area contributed by atoms with Crippen LogP contribution in [0.5, 0.6) is 0 Å². The highest BCUT2D eigenvalue weighted by atomic mass is 19.1. The molecule has 8 rings (SSSR count). The molecule has 55 heavy (non-hydrogen) atoms. The van der Waals surface area contributed by atoms with Gasteiger partial charge in [0.15, 0.2) is 11.6 Å². The van der Waals surface area contributed by atoms with Gasteiger partial charge >= 0.3 is 0 Å². The van der Waals surface area contributed by atoms with Gasteiger partial charge in [0, 0.05) is 56.3 Å². The summed E-state index contributed by atoms with van der Waals surface area (Å²) >= 11 is 0. The SMILES string of the molecule is Cc1nc2c(F)cc(-c3nc(Nc4ccc(N5CCN(Cc6ccc7c(c6F)C(=O)N(C6CCC(=O)NC6=O)C7=O)CC5)cn4)ncc3F)cc2n1C(C)C. The Kier molecular flexibility index (Phi) is 9.03. The highest BCUT2D eigenvalue weighted by Gasteiger charge is 2.46. The summed E-state index contributed by atoms with van der Waals surface area (Å²) in [6.45, 7) is 8.26. The van der Waals surface area contributed by atoms with Crippen LogP contribution in [-0.4, -0.2) is 90.2 Å². The molecule has 17 heteroatoms. The quantitative estimate of drug-likeness (QED) is 0.213. The molecule has 0 spiro atoms. The molecule has 282 valence electrons. The zero-order valence-corrected chi connectivity index (χ0v) is 30.1. The molecule has 0 radical (unpaired) electrons. The maximum atomic E-state index is 15.8. The first-order valence-electron chi connectivity index (χ1n) is 17.8. The number of aryl methyl sites for hydroxylation is 1. The molecule has 2 saturated heterocycles. The summed E-state index contributed by atoms with van der Waals surface area (Å²) in [4.78, 5) is 72.4. The third-order valence-electron chi connectivity index (χ3n) is 10.2. The third-order valence-corrected chi connectivity index (χ3v) is 10.2. The largest absolute Gasteiger partial charge is 0.368 e. The number of rotatable bonds is 8. The summed E-state index contributed by atoms with van der Waals surface area (Å²) in [5.41, 5.74) is 1.56. The normalized spacial score (nSPS) is 17.8. The molecule has 4 amide bonds. The number of benzene rings is 2. The first kappa shape index (κ1) is 35.8. The average molecular weight is 753 g/mol. The Bertz CT molecular complexity index is 2410. The lowest BCUT2D eigenvalue weighted by atomic mass is 10.0. The van der Waals surface area contributed by atoms with Crippen molar-refractivity contribution in [3.8, 4) is 11.3 Å². The molecule has 1 unspecified atom stereocenters. The van der Waals surface area contributed by atoms with Crippen LogP contribution in [-0.2, 0) is 16.1 Å². The van der Waals surface area contributed by atoms with Crippen molar-refractivity contribution in [1.29, 1.82) is 0 Å². The van der Waals surface area contributed by atoms with Crippen molar-refractivity contribution in [2.45, 2.75) is 52.2 Å². The van der Waals surface area contributed by atoms with Crippen LogP contribution in [0.4, 0.5) is 30.6 Å². The second-order valence-electron chi connectivity index (χ2n) is 14.0. The van der Waals surface area contributed by atoms with Crippen molar-refractivity contribution in [3.63, 3.8) is 0 Å². The second-order valence-corrected chi connectivity index (χ2v) is 14.0. The fraction of sp³-hybridized carbons (Fsp3) is 0.316. The van der Waals surface area contributed by atoms with Gasteiger partial charge in [-0.3, -0.25) is 34.3 Å². The number of imide groups is 2. The summed E-state index contributed by atoms with van der Waals surface area (Å²) in [7, 11) is 0. The molecular weight excluding hydrogens is 717 g/mol. The molecule has 2 fully saturated rings. The van der Waals surface area contributed by atoms with E-state index in [0.717, 1.165) is 16.8 Å². The Morgan fingerprint density at radius 2 is 1.69 bits per heavy atom. The number of fused-ring (bicyclic) bond motifs is 2. The Balaban J connectivity index is 0.906. The Morgan fingerprint density at radius 3 is 2.40 bits per heavy atom. The number of halogens is 3. The summed E-state index contributed by atoms with van der Waals surface area (Å²) in [6, 6.07) is 8.23. The number of nitrogens with zero attached hydrogens (tertiary/aromatic N) is 8. The van der Waals surface area contributed by atoms with E-state index < -0.39 is 47.1 Å². The Hall–Kier alpha value is -6.23. The minimum atomic E-state index is -1.17. The van der Waals surface area contributed by atoms with Crippen molar-refractivity contribution in [3.05, 3.63) is 88.8 Å². The van der Waals surface area contributed by atoms with E-state index >= 15 is 13.2 Å². The first-order chi connectivity index (χ1) is 26.4. The van der Waals surface area contributed by atoms with Gasteiger partial charge in [-0.2, -0.15) is 0 Å². The van der Waals surface area contributed by atoms with E-state index in [1.165, 1.54) is 18.2 Å². The minimum Gasteiger partial charge on any atom is -0.368 e. The standard InChI is InChI=1S/C38H35F3N10O4/c1-19(2)50-20(3)44-34-25(39)14-22(15-28(34)50)33-26(40)17-43-38(47-33)45-29-8-5-23(16-42-29)49-12-10-48(11-13-49)18-21-4-6-24-31(32(21)41)37(55)51(36(24)54)27-7-9-30(52)46-35(27)53/h4-6,8,14-17,19,27H,7,9-13,18H2,1-3H3,(H,46,52,53)(H,42,43,45,47). The predicted octanol–water partition coefficient (Wildman–Crippen LogP) is 4.66.